The van der Waals surface area contributed by atoms with Crippen molar-refractivity contribution in [3.05, 3.63) is 40.9 Å². The van der Waals surface area contributed by atoms with Crippen molar-refractivity contribution in [1.82, 2.24) is 15.2 Å². The summed E-state index contributed by atoms with van der Waals surface area (Å²) < 4.78 is 0. The maximum Gasteiger partial charge on any atom is 0.225 e. The summed E-state index contributed by atoms with van der Waals surface area (Å²) in [7, 11) is 1.73. The lowest BCUT2D eigenvalue weighted by Gasteiger charge is -2.10. The molecule has 2 aromatic rings. The van der Waals surface area contributed by atoms with Crippen LogP contribution >= 0.6 is 11.3 Å². The number of thiazole rings is 1. The molecule has 0 radical (unpaired) electrons. The monoisotopic (exact) mass is 329 g/mol. The topological polar surface area (TPSA) is 62.3 Å². The van der Waals surface area contributed by atoms with Gasteiger partial charge in [0.1, 0.15) is 5.01 Å². The van der Waals surface area contributed by atoms with E-state index in [0.29, 0.717) is 19.5 Å². The van der Waals surface area contributed by atoms with E-state index >= 15 is 0 Å². The van der Waals surface area contributed by atoms with Crippen LogP contribution in [-0.4, -0.2) is 35.3 Å². The molecule has 0 bridgehead atoms. The Labute approximate surface area is 139 Å². The fraction of sp³-hybridized carbons (Fsp3) is 0.353. The highest BCUT2D eigenvalue weighted by Gasteiger charge is 2.31. The minimum Gasteiger partial charge on any atom is -0.351 e. The summed E-state index contributed by atoms with van der Waals surface area (Å²) in [4.78, 5) is 31.0. The van der Waals surface area contributed by atoms with Crippen molar-refractivity contribution < 1.29 is 9.59 Å². The second-order valence-corrected chi connectivity index (χ2v) is 6.87. The maximum absolute atomic E-state index is 12.2. The molecule has 1 fully saturated rings. The molecule has 2 heterocycles. The van der Waals surface area contributed by atoms with Crippen LogP contribution in [0.4, 0.5) is 0 Å². The van der Waals surface area contributed by atoms with Crippen molar-refractivity contribution in [2.75, 3.05) is 13.6 Å². The van der Waals surface area contributed by atoms with Crippen LogP contribution in [-0.2, 0) is 16.1 Å². The lowest BCUT2D eigenvalue weighted by Crippen LogP contribution is -2.31. The number of hydrogen-bond donors (Lipinski definition) is 1. The lowest BCUT2D eigenvalue weighted by atomic mass is 10.1. The van der Waals surface area contributed by atoms with E-state index in [2.05, 4.69) is 10.3 Å². The van der Waals surface area contributed by atoms with Crippen molar-refractivity contribution in [3.63, 3.8) is 0 Å². The number of hydrogen-bond acceptors (Lipinski definition) is 4. The second-order valence-electron chi connectivity index (χ2n) is 5.79. The number of rotatable bonds is 4. The number of benzene rings is 1. The van der Waals surface area contributed by atoms with Gasteiger partial charge in [-0.25, -0.2) is 4.98 Å². The Balaban J connectivity index is 1.64. The molecule has 120 valence electrons. The largest absolute Gasteiger partial charge is 0.351 e. The van der Waals surface area contributed by atoms with Crippen LogP contribution in [0.1, 0.15) is 17.0 Å². The first-order valence-electron chi connectivity index (χ1n) is 7.58. The predicted octanol–water partition coefficient (Wildman–Crippen LogP) is 2.21. The van der Waals surface area contributed by atoms with Crippen LogP contribution in [0.25, 0.3) is 10.6 Å². The molecule has 1 atom stereocenters. The number of aryl methyl sites for hydroxylation is 1. The van der Waals surface area contributed by atoms with Crippen molar-refractivity contribution >= 4 is 23.2 Å². The van der Waals surface area contributed by atoms with E-state index < -0.39 is 0 Å². The Morgan fingerprint density at radius 2 is 2.13 bits per heavy atom. The summed E-state index contributed by atoms with van der Waals surface area (Å²) in [6.07, 6.45) is 0.305. The molecule has 1 saturated heterocycles. The molecule has 0 aliphatic carbocycles. The number of carbonyl (C=O) groups is 2. The molecule has 2 amide bonds. The number of nitrogens with one attached hydrogen (secondary N) is 1. The summed E-state index contributed by atoms with van der Waals surface area (Å²) >= 11 is 1.60. The highest BCUT2D eigenvalue weighted by molar-refractivity contribution is 7.15. The van der Waals surface area contributed by atoms with E-state index in [9.17, 15) is 9.59 Å². The van der Waals surface area contributed by atoms with Crippen LogP contribution in [0.15, 0.2) is 30.3 Å². The van der Waals surface area contributed by atoms with Gasteiger partial charge in [-0.3, -0.25) is 9.59 Å². The van der Waals surface area contributed by atoms with Gasteiger partial charge in [-0.05, 0) is 6.92 Å². The Kier molecular flexibility index (Phi) is 4.43. The summed E-state index contributed by atoms with van der Waals surface area (Å²) in [6.45, 7) is 2.92. The normalized spacial score (nSPS) is 17.6. The van der Waals surface area contributed by atoms with Gasteiger partial charge in [-0.15, -0.1) is 11.3 Å². The van der Waals surface area contributed by atoms with Crippen LogP contribution in [0.3, 0.4) is 0 Å². The van der Waals surface area contributed by atoms with Crippen molar-refractivity contribution in [1.29, 1.82) is 0 Å². The Morgan fingerprint density at radius 1 is 1.39 bits per heavy atom. The molecule has 1 aliphatic rings. The van der Waals surface area contributed by atoms with E-state index in [1.54, 1.807) is 23.3 Å². The van der Waals surface area contributed by atoms with E-state index in [4.69, 9.17) is 0 Å². The smallest absolute Gasteiger partial charge is 0.225 e. The molecule has 5 nitrogen and oxygen atoms in total. The van der Waals surface area contributed by atoms with Crippen molar-refractivity contribution in [2.45, 2.75) is 19.9 Å². The summed E-state index contributed by atoms with van der Waals surface area (Å²) in [6, 6.07) is 10.0. The molecule has 6 heteroatoms. The average Bonchev–Trinajstić information content (AvgIpc) is 3.09. The van der Waals surface area contributed by atoms with Gasteiger partial charge in [-0.1, -0.05) is 30.3 Å². The van der Waals surface area contributed by atoms with Crippen LogP contribution in [0, 0.1) is 12.8 Å². The minimum atomic E-state index is -0.241. The second kappa shape index (κ2) is 6.50. The van der Waals surface area contributed by atoms with Gasteiger partial charge in [0.15, 0.2) is 0 Å². The number of aromatic nitrogens is 1. The first-order valence-corrected chi connectivity index (χ1v) is 8.39. The first kappa shape index (κ1) is 15.7. The molecular weight excluding hydrogens is 310 g/mol. The van der Waals surface area contributed by atoms with Crippen molar-refractivity contribution in [2.24, 2.45) is 5.92 Å². The van der Waals surface area contributed by atoms with Gasteiger partial charge in [0.25, 0.3) is 0 Å². The third-order valence-corrected chi connectivity index (χ3v) is 5.25. The van der Waals surface area contributed by atoms with E-state index in [1.165, 1.54) is 0 Å². The van der Waals surface area contributed by atoms with Gasteiger partial charge in [-0.2, -0.15) is 0 Å². The highest BCUT2D eigenvalue weighted by Crippen LogP contribution is 2.27. The Bertz CT molecular complexity index is 727. The van der Waals surface area contributed by atoms with Crippen LogP contribution in [0.5, 0.6) is 0 Å². The molecule has 1 aliphatic heterocycles. The van der Waals surface area contributed by atoms with Gasteiger partial charge < -0.3 is 10.2 Å². The van der Waals surface area contributed by atoms with E-state index in [1.807, 2.05) is 37.3 Å². The number of nitrogens with zero attached hydrogens (tertiary/aromatic N) is 2. The molecule has 0 unspecified atom stereocenters. The SMILES string of the molecule is Cc1nc(-c2ccccc2)sc1CNC(=O)[C@@H]1CC(=O)N(C)C1. The zero-order chi connectivity index (χ0) is 16.4. The molecule has 0 saturated carbocycles. The maximum atomic E-state index is 12.2. The van der Waals surface area contributed by atoms with E-state index in [0.717, 1.165) is 21.1 Å². The van der Waals surface area contributed by atoms with Crippen molar-refractivity contribution in [3.8, 4) is 10.6 Å². The standard InChI is InChI=1S/C17H19N3O2S/c1-11-14(23-17(19-11)12-6-4-3-5-7-12)9-18-16(22)13-8-15(21)20(2)10-13/h3-7,13H,8-10H2,1-2H3,(H,18,22)/t13-/m1/s1. The fourth-order valence-corrected chi connectivity index (χ4v) is 3.65. The average molecular weight is 329 g/mol. The number of amides is 2. The molecule has 1 aromatic carbocycles. The van der Waals surface area contributed by atoms with E-state index in [-0.39, 0.29) is 17.7 Å². The number of carbonyl (C=O) groups excluding carboxylic acids is 2. The fourth-order valence-electron chi connectivity index (χ4n) is 2.65. The molecule has 1 N–H and O–H groups in total. The van der Waals surface area contributed by atoms with Crippen LogP contribution in [0.2, 0.25) is 0 Å². The zero-order valence-electron chi connectivity index (χ0n) is 13.2. The first-order chi connectivity index (χ1) is 11.0. The van der Waals surface area contributed by atoms with Gasteiger partial charge >= 0.3 is 0 Å². The summed E-state index contributed by atoms with van der Waals surface area (Å²) in [5.74, 6) is -0.267. The Morgan fingerprint density at radius 3 is 2.78 bits per heavy atom. The molecule has 23 heavy (non-hydrogen) atoms. The van der Waals surface area contributed by atoms with Gasteiger partial charge in [0.2, 0.25) is 11.8 Å². The summed E-state index contributed by atoms with van der Waals surface area (Å²) in [5.41, 5.74) is 2.02. The highest BCUT2D eigenvalue weighted by atomic mass is 32.1. The van der Waals surface area contributed by atoms with Crippen LogP contribution < -0.4 is 5.32 Å². The Hall–Kier alpha value is -2.21. The zero-order valence-corrected chi connectivity index (χ0v) is 14.0. The minimum absolute atomic E-state index is 0.0329. The lowest BCUT2D eigenvalue weighted by molar-refractivity contribution is -0.128. The third-order valence-electron chi connectivity index (χ3n) is 4.05. The molecule has 3 rings (SSSR count). The van der Waals surface area contributed by atoms with Gasteiger partial charge in [0.05, 0.1) is 18.2 Å². The molecular formula is C17H19N3O2S. The third kappa shape index (κ3) is 3.42. The molecule has 0 spiro atoms. The van der Waals surface area contributed by atoms with Gasteiger partial charge in [0, 0.05) is 30.5 Å². The number of likely N-dealkylation sites (tertiary alicyclic amines) is 1. The predicted molar refractivity (Wildman–Crippen MR) is 89.9 cm³/mol. The summed E-state index contributed by atoms with van der Waals surface area (Å²) in [5, 5.41) is 3.90. The quantitative estimate of drug-likeness (QED) is 0.935. The molecule has 1 aromatic heterocycles.